The number of piperidine rings is 1. The number of hydrogen-bond acceptors (Lipinski definition) is 16. The van der Waals surface area contributed by atoms with Crippen LogP contribution in [0.4, 0.5) is 10.5 Å². The van der Waals surface area contributed by atoms with Crippen LogP contribution in [0, 0.1) is 23.7 Å². The maximum atomic E-state index is 14.4. The lowest BCUT2D eigenvalue weighted by Crippen LogP contribution is -2.58. The SMILES string of the molecule is CC[C@H](C)[C@H](NC(=O)[C@H]1CCCCN1C)C(=O)N(C)[C@H](C[C@@H](OC(C)=O)c1nc(C(=O)N[C@@H](Cc2ccccc2)C[C@H](C)C(=O)NCCNC(=O)OCc2ccc(NC(=O)[C@H](C)NC(=O)[C@@H](NC(=O)CCCCCN3C(=O)C=CC3=O)C(C)C)cc2)cs1)C(C)C. The fraction of sp³-hybridized carbons (Fsp3) is 0.576. The van der Waals surface area contributed by atoms with Gasteiger partial charge in [0.05, 0.1) is 6.04 Å². The van der Waals surface area contributed by atoms with Crippen molar-refractivity contribution in [2.45, 2.75) is 182 Å². The molecule has 1 saturated heterocycles. The van der Waals surface area contributed by atoms with Gasteiger partial charge in [0.1, 0.15) is 35.4 Å². The molecule has 9 atom stereocenters. The van der Waals surface area contributed by atoms with E-state index >= 15 is 0 Å². The minimum atomic E-state index is -0.960. The van der Waals surface area contributed by atoms with Gasteiger partial charge < -0.3 is 51.6 Å². The molecule has 0 saturated carbocycles. The molecular weight excluding hydrogens is 1190 g/mol. The van der Waals surface area contributed by atoms with Gasteiger partial charge in [0.15, 0.2) is 6.10 Å². The van der Waals surface area contributed by atoms with Crippen molar-refractivity contribution < 1.29 is 62.2 Å². The van der Waals surface area contributed by atoms with E-state index in [4.69, 9.17) is 9.47 Å². The number of likely N-dealkylation sites (N-methyl/N-ethyl adjacent to an activating group) is 2. The van der Waals surface area contributed by atoms with Crippen LogP contribution >= 0.6 is 11.3 Å². The molecule has 3 heterocycles. The summed E-state index contributed by atoms with van der Waals surface area (Å²) in [5.41, 5.74) is 2.06. The summed E-state index contributed by atoms with van der Waals surface area (Å²) in [5, 5.41) is 21.7. The average Bonchev–Trinajstić information content (AvgIpc) is 2.38. The molecule has 2 aromatic carbocycles. The van der Waals surface area contributed by atoms with Gasteiger partial charge in [-0.15, -0.1) is 11.3 Å². The summed E-state index contributed by atoms with van der Waals surface area (Å²) in [4.78, 5) is 153. The number of unbranched alkanes of at least 4 members (excludes halogenated alkanes) is 2. The lowest BCUT2D eigenvalue weighted by molar-refractivity contribution is -0.149. The van der Waals surface area contributed by atoms with E-state index in [1.807, 2.05) is 70.0 Å². The molecular formula is C66H95N11O13S. The van der Waals surface area contributed by atoms with Crippen molar-refractivity contribution >= 4 is 82.3 Å². The second-order valence-corrected chi connectivity index (χ2v) is 25.4. The molecule has 0 unspecified atom stereocenters. The monoisotopic (exact) mass is 1280 g/mol. The summed E-state index contributed by atoms with van der Waals surface area (Å²) in [5.74, 6) is -4.95. The van der Waals surface area contributed by atoms with E-state index in [-0.39, 0.29) is 110 Å². The van der Waals surface area contributed by atoms with Crippen molar-refractivity contribution in [1.29, 1.82) is 0 Å². The number of hydrogen-bond donors (Lipinski definition) is 7. The van der Waals surface area contributed by atoms with Gasteiger partial charge in [-0.05, 0) is 100 Å². The van der Waals surface area contributed by atoms with Crippen LogP contribution in [0.3, 0.4) is 0 Å². The van der Waals surface area contributed by atoms with Crippen LogP contribution in [-0.2, 0) is 65.7 Å². The van der Waals surface area contributed by atoms with Gasteiger partial charge in [0.2, 0.25) is 35.4 Å². The zero-order valence-electron chi connectivity index (χ0n) is 54.6. The number of likely N-dealkylation sites (tertiary alicyclic amines) is 1. The second kappa shape index (κ2) is 36.7. The lowest BCUT2D eigenvalue weighted by atomic mass is 9.92. The van der Waals surface area contributed by atoms with Crippen molar-refractivity contribution in [1.82, 2.24) is 51.6 Å². The van der Waals surface area contributed by atoms with E-state index in [9.17, 15) is 52.7 Å². The number of esters is 1. The Labute approximate surface area is 538 Å². The summed E-state index contributed by atoms with van der Waals surface area (Å²) in [6.45, 7) is 17.1. The Hall–Kier alpha value is -8.06. The zero-order valence-corrected chi connectivity index (χ0v) is 55.4. The molecule has 0 radical (unpaired) electrons. The van der Waals surface area contributed by atoms with E-state index in [2.05, 4.69) is 42.2 Å². The first-order valence-corrected chi connectivity index (χ1v) is 32.6. The number of nitrogens with zero attached hydrogens (tertiary/aromatic N) is 4. The third kappa shape index (κ3) is 23.6. The lowest BCUT2D eigenvalue weighted by Gasteiger charge is -2.38. The third-order valence-electron chi connectivity index (χ3n) is 16.5. The molecule has 2 aliphatic rings. The number of benzene rings is 2. The second-order valence-electron chi connectivity index (χ2n) is 24.5. The largest absolute Gasteiger partial charge is 0.455 e. The molecule has 0 aliphatic carbocycles. The van der Waals surface area contributed by atoms with Crippen LogP contribution in [0.1, 0.15) is 159 Å². The van der Waals surface area contributed by atoms with Crippen LogP contribution < -0.4 is 37.2 Å². The predicted molar refractivity (Wildman–Crippen MR) is 344 cm³/mol. The number of alkyl carbamates (subject to hydrolysis) is 1. The number of ether oxygens (including phenoxy) is 2. The zero-order chi connectivity index (χ0) is 66.9. The highest BCUT2D eigenvalue weighted by Gasteiger charge is 2.38. The highest BCUT2D eigenvalue weighted by molar-refractivity contribution is 7.09. The molecule has 0 spiro atoms. The summed E-state index contributed by atoms with van der Waals surface area (Å²) < 4.78 is 11.2. The van der Waals surface area contributed by atoms with Crippen molar-refractivity contribution in [2.75, 3.05) is 45.6 Å². The quantitative estimate of drug-likeness (QED) is 0.0198. The van der Waals surface area contributed by atoms with Crippen molar-refractivity contribution in [3.8, 4) is 0 Å². The number of anilines is 1. The standard InChI is InChI=1S/C66H95N11O13S/c1-12-42(6)58(74-62(85)51-23-18-20-33-75(51)10)65(87)76(11)52(40(2)3)37-53(90-45(9)78)64-72-50(39-91-64)61(84)71-49(36-46-21-15-13-16-22-46)35-43(7)59(82)67-31-32-68-66(88)89-38-47-25-27-48(28-26-47)70-60(83)44(8)69-63(86)57(41(4)5)73-54(79)24-17-14-19-34-77-55(80)29-30-56(77)81/h13,15-16,21-22,25-30,39-44,49,51-53,57-58H,12,14,17-20,23-24,31-38H2,1-11H3,(H,67,82)(H,68,88)(H,69,86)(H,70,83)(H,71,84)(H,73,79)(H,74,85)/t42-,43-,44-,49+,51+,52+,53+,57-,58-/m0/s1. The van der Waals surface area contributed by atoms with Crippen LogP contribution in [0.2, 0.25) is 0 Å². The van der Waals surface area contributed by atoms with E-state index in [1.165, 1.54) is 26.0 Å². The molecule has 7 N–H and O–H groups in total. The molecule has 25 heteroatoms. The Kier molecular flexibility index (Phi) is 29.7. The first-order valence-electron chi connectivity index (χ1n) is 31.7. The van der Waals surface area contributed by atoms with Gasteiger partial charge in [0, 0.05) is 87.7 Å². The Bertz CT molecular complexity index is 2980. The Morgan fingerprint density at radius 2 is 1.43 bits per heavy atom. The van der Waals surface area contributed by atoms with Crippen molar-refractivity contribution in [3.05, 3.63) is 94.0 Å². The summed E-state index contributed by atoms with van der Waals surface area (Å²) in [7, 11) is 3.64. The Balaban J connectivity index is 1.06. The van der Waals surface area contributed by atoms with Crippen LogP contribution in [0.5, 0.6) is 0 Å². The van der Waals surface area contributed by atoms with Gasteiger partial charge in [-0.25, -0.2) is 9.78 Å². The minimum Gasteiger partial charge on any atom is -0.455 e. The van der Waals surface area contributed by atoms with Crippen LogP contribution in [-0.4, -0.2) is 161 Å². The van der Waals surface area contributed by atoms with Crippen molar-refractivity contribution in [3.63, 3.8) is 0 Å². The predicted octanol–water partition coefficient (Wildman–Crippen LogP) is 6.11. The highest BCUT2D eigenvalue weighted by atomic mass is 32.1. The number of carbonyl (C=O) groups excluding carboxylic acids is 11. The number of rotatable bonds is 35. The molecule has 10 amide bonds. The first-order chi connectivity index (χ1) is 43.3. The minimum absolute atomic E-state index is 0.0543. The Morgan fingerprint density at radius 1 is 0.747 bits per heavy atom. The van der Waals surface area contributed by atoms with Gasteiger partial charge >= 0.3 is 12.1 Å². The molecule has 3 aromatic rings. The van der Waals surface area contributed by atoms with E-state index in [0.29, 0.717) is 48.4 Å². The molecule has 1 aromatic heterocycles. The van der Waals surface area contributed by atoms with Gasteiger partial charge in [-0.3, -0.25) is 57.7 Å². The van der Waals surface area contributed by atoms with Crippen molar-refractivity contribution in [2.24, 2.45) is 23.7 Å². The summed E-state index contributed by atoms with van der Waals surface area (Å²) in [6.07, 6.45) is 6.77. The van der Waals surface area contributed by atoms with Crippen LogP contribution in [0.25, 0.3) is 0 Å². The fourth-order valence-electron chi connectivity index (χ4n) is 10.8. The number of amides is 10. The van der Waals surface area contributed by atoms with Gasteiger partial charge in [0.25, 0.3) is 17.7 Å². The molecule has 2 aliphatic heterocycles. The van der Waals surface area contributed by atoms with Gasteiger partial charge in [-0.1, -0.05) is 110 Å². The molecule has 24 nitrogen and oxygen atoms in total. The number of thiazole rings is 1. The summed E-state index contributed by atoms with van der Waals surface area (Å²) in [6, 6.07) is 12.1. The molecule has 0 bridgehead atoms. The van der Waals surface area contributed by atoms with E-state index in [1.54, 1.807) is 62.4 Å². The smallest absolute Gasteiger partial charge is 0.407 e. The maximum Gasteiger partial charge on any atom is 0.407 e. The van der Waals surface area contributed by atoms with Gasteiger partial charge in [-0.2, -0.15) is 0 Å². The number of aromatic nitrogens is 1. The summed E-state index contributed by atoms with van der Waals surface area (Å²) >= 11 is 1.16. The molecule has 5 rings (SSSR count). The van der Waals surface area contributed by atoms with E-state index in [0.717, 1.165) is 47.6 Å². The fourth-order valence-corrected chi connectivity index (χ4v) is 11.7. The number of carbonyl (C=O) groups is 11. The third-order valence-corrected chi connectivity index (χ3v) is 17.4. The number of imide groups is 1. The van der Waals surface area contributed by atoms with Crippen LogP contribution in [0.15, 0.2) is 72.1 Å². The highest BCUT2D eigenvalue weighted by Crippen LogP contribution is 2.31. The normalized spacial score (nSPS) is 16.7. The van der Waals surface area contributed by atoms with E-state index < -0.39 is 72.0 Å². The molecule has 1 fully saturated rings. The first kappa shape index (κ1) is 73.7. The molecule has 498 valence electrons. The Morgan fingerprint density at radius 3 is 2.07 bits per heavy atom. The number of nitrogens with one attached hydrogen (secondary N) is 7. The average molecular weight is 1280 g/mol. The molecule has 91 heavy (non-hydrogen) atoms. The maximum absolute atomic E-state index is 14.4. The topological polar surface area (TPSA) is 313 Å².